The van der Waals surface area contributed by atoms with Crippen molar-refractivity contribution in [2.24, 2.45) is 0 Å². The van der Waals surface area contributed by atoms with Gasteiger partial charge in [0, 0.05) is 29.4 Å². The molecule has 1 N–H and O–H groups in total. The maximum Gasteiger partial charge on any atom is 0.270 e. The normalized spacial score (nSPS) is 18.3. The Labute approximate surface area is 178 Å². The molecule has 0 spiro atoms. The van der Waals surface area contributed by atoms with Crippen LogP contribution in [0.4, 0.5) is 5.13 Å². The number of benzene rings is 1. The smallest absolute Gasteiger partial charge is 0.270 e. The second kappa shape index (κ2) is 8.41. The molecule has 0 saturated carbocycles. The maximum absolute atomic E-state index is 12.8. The van der Waals surface area contributed by atoms with Gasteiger partial charge in [-0.2, -0.15) is 0 Å². The van der Waals surface area contributed by atoms with Gasteiger partial charge in [0.15, 0.2) is 16.6 Å². The van der Waals surface area contributed by atoms with Crippen LogP contribution in [0.3, 0.4) is 0 Å². The van der Waals surface area contributed by atoms with E-state index in [0.29, 0.717) is 16.6 Å². The van der Waals surface area contributed by atoms with Crippen molar-refractivity contribution >= 4 is 22.4 Å². The SMILES string of the molecule is O=C(Nc1nc(-c2cccnc2)c(CN2CCCC2)s1)C1COc2ccccc2O1. The number of nitrogens with zero attached hydrogens (tertiary/aromatic N) is 3. The van der Waals surface area contributed by atoms with Crippen molar-refractivity contribution in [3.8, 4) is 22.8 Å². The summed E-state index contributed by atoms with van der Waals surface area (Å²) in [6.07, 6.45) is 5.30. The van der Waals surface area contributed by atoms with Crippen LogP contribution in [0.1, 0.15) is 17.7 Å². The number of hydrogen-bond donors (Lipinski definition) is 1. The first-order valence-electron chi connectivity index (χ1n) is 10.1. The van der Waals surface area contributed by atoms with Gasteiger partial charge in [-0.05, 0) is 50.2 Å². The van der Waals surface area contributed by atoms with Gasteiger partial charge in [-0.1, -0.05) is 23.5 Å². The van der Waals surface area contributed by atoms with Gasteiger partial charge in [-0.3, -0.25) is 20.0 Å². The molecule has 1 atom stereocenters. The topological polar surface area (TPSA) is 76.6 Å². The summed E-state index contributed by atoms with van der Waals surface area (Å²) in [5, 5.41) is 3.49. The molecular formula is C22H22N4O3S. The van der Waals surface area contributed by atoms with Crippen LogP contribution in [0.5, 0.6) is 11.5 Å². The zero-order chi connectivity index (χ0) is 20.3. The number of aromatic nitrogens is 2. The molecule has 4 heterocycles. The van der Waals surface area contributed by atoms with Gasteiger partial charge >= 0.3 is 0 Å². The Morgan fingerprint density at radius 3 is 2.80 bits per heavy atom. The van der Waals surface area contributed by atoms with Crippen LogP contribution in [0.15, 0.2) is 48.8 Å². The number of rotatable bonds is 5. The van der Waals surface area contributed by atoms with E-state index in [9.17, 15) is 4.79 Å². The molecule has 0 radical (unpaired) electrons. The predicted molar refractivity (Wildman–Crippen MR) is 115 cm³/mol. The highest BCUT2D eigenvalue weighted by Gasteiger charge is 2.28. The highest BCUT2D eigenvalue weighted by atomic mass is 32.1. The van der Waals surface area contributed by atoms with Gasteiger partial charge in [-0.25, -0.2) is 4.98 Å². The van der Waals surface area contributed by atoms with E-state index in [4.69, 9.17) is 14.5 Å². The molecule has 3 aromatic rings. The van der Waals surface area contributed by atoms with Gasteiger partial charge in [0.1, 0.15) is 6.61 Å². The molecule has 1 saturated heterocycles. The minimum atomic E-state index is -0.715. The van der Waals surface area contributed by atoms with Gasteiger partial charge in [0.25, 0.3) is 5.91 Å². The fourth-order valence-corrected chi connectivity index (χ4v) is 4.75. The third-order valence-electron chi connectivity index (χ3n) is 5.23. The lowest BCUT2D eigenvalue weighted by molar-refractivity contribution is -0.125. The lowest BCUT2D eigenvalue weighted by Gasteiger charge is -2.25. The van der Waals surface area contributed by atoms with E-state index in [2.05, 4.69) is 15.2 Å². The first-order valence-corrected chi connectivity index (χ1v) is 10.9. The molecule has 0 bridgehead atoms. The largest absolute Gasteiger partial charge is 0.485 e. The molecule has 30 heavy (non-hydrogen) atoms. The third-order valence-corrected chi connectivity index (χ3v) is 6.18. The number of thiazole rings is 1. The minimum absolute atomic E-state index is 0.171. The Morgan fingerprint density at radius 2 is 2.00 bits per heavy atom. The molecular weight excluding hydrogens is 400 g/mol. The monoisotopic (exact) mass is 422 g/mol. The Balaban J connectivity index is 1.35. The minimum Gasteiger partial charge on any atom is -0.485 e. The van der Waals surface area contributed by atoms with Crippen molar-refractivity contribution in [3.63, 3.8) is 0 Å². The fourth-order valence-electron chi connectivity index (χ4n) is 3.72. The highest BCUT2D eigenvalue weighted by molar-refractivity contribution is 7.16. The summed E-state index contributed by atoms with van der Waals surface area (Å²) in [7, 11) is 0. The number of carbonyl (C=O) groups is 1. The second-order valence-corrected chi connectivity index (χ2v) is 8.45. The molecule has 1 fully saturated rings. The number of nitrogens with one attached hydrogen (secondary N) is 1. The van der Waals surface area contributed by atoms with Gasteiger partial charge < -0.3 is 9.47 Å². The number of hydrogen-bond acceptors (Lipinski definition) is 7. The molecule has 154 valence electrons. The van der Waals surface area contributed by atoms with Crippen LogP contribution in [0.25, 0.3) is 11.3 Å². The molecule has 2 aromatic heterocycles. The lowest BCUT2D eigenvalue weighted by Crippen LogP contribution is -2.40. The lowest BCUT2D eigenvalue weighted by atomic mass is 10.2. The van der Waals surface area contributed by atoms with E-state index < -0.39 is 6.10 Å². The number of amides is 1. The van der Waals surface area contributed by atoms with E-state index in [1.807, 2.05) is 36.5 Å². The zero-order valence-electron chi connectivity index (χ0n) is 16.4. The number of fused-ring (bicyclic) bond motifs is 1. The molecule has 8 heteroatoms. The average Bonchev–Trinajstić information content (AvgIpc) is 3.44. The van der Waals surface area contributed by atoms with Crippen LogP contribution < -0.4 is 14.8 Å². The quantitative estimate of drug-likeness (QED) is 0.677. The van der Waals surface area contributed by atoms with Crippen molar-refractivity contribution in [1.82, 2.24) is 14.9 Å². The van der Waals surface area contributed by atoms with Gasteiger partial charge in [0.2, 0.25) is 6.10 Å². The molecule has 1 unspecified atom stereocenters. The van der Waals surface area contributed by atoms with E-state index in [1.165, 1.54) is 24.2 Å². The zero-order valence-corrected chi connectivity index (χ0v) is 17.2. The summed E-state index contributed by atoms with van der Waals surface area (Å²) < 4.78 is 11.5. The highest BCUT2D eigenvalue weighted by Crippen LogP contribution is 2.34. The van der Waals surface area contributed by atoms with E-state index in [-0.39, 0.29) is 12.5 Å². The van der Waals surface area contributed by atoms with Crippen LogP contribution in [-0.4, -0.2) is 46.6 Å². The standard InChI is InChI=1S/C22H22N4O3S/c27-21(18-14-28-16-7-1-2-8-17(16)29-18)25-22-24-20(15-6-5-9-23-12-15)19(30-22)13-26-10-3-4-11-26/h1-2,5-9,12,18H,3-4,10-11,13-14H2,(H,24,25,27). The molecule has 7 nitrogen and oxygen atoms in total. The van der Waals surface area contributed by atoms with E-state index >= 15 is 0 Å². The molecule has 1 amide bonds. The Morgan fingerprint density at radius 1 is 1.17 bits per heavy atom. The Bertz CT molecular complexity index is 1030. The number of pyridine rings is 1. The van der Waals surface area contributed by atoms with E-state index in [1.54, 1.807) is 12.3 Å². The number of carbonyl (C=O) groups excluding carboxylic acids is 1. The summed E-state index contributed by atoms with van der Waals surface area (Å²) in [4.78, 5) is 25.3. The van der Waals surface area contributed by atoms with Crippen LogP contribution >= 0.6 is 11.3 Å². The van der Waals surface area contributed by atoms with Gasteiger partial charge in [-0.15, -0.1) is 0 Å². The molecule has 2 aliphatic rings. The first-order chi connectivity index (χ1) is 14.8. The number of likely N-dealkylation sites (tertiary alicyclic amines) is 1. The number of ether oxygens (including phenoxy) is 2. The van der Waals surface area contributed by atoms with Crippen molar-refractivity contribution in [2.45, 2.75) is 25.5 Å². The summed E-state index contributed by atoms with van der Waals surface area (Å²) in [5.41, 5.74) is 1.83. The maximum atomic E-state index is 12.8. The molecule has 2 aliphatic heterocycles. The molecule has 5 rings (SSSR count). The number of anilines is 1. The van der Waals surface area contributed by atoms with Crippen LogP contribution in [0, 0.1) is 0 Å². The molecule has 1 aromatic carbocycles. The summed E-state index contributed by atoms with van der Waals surface area (Å²) in [6, 6.07) is 11.3. The van der Waals surface area contributed by atoms with Crippen LogP contribution in [0.2, 0.25) is 0 Å². The van der Waals surface area contributed by atoms with E-state index in [0.717, 1.165) is 35.8 Å². The van der Waals surface area contributed by atoms with Crippen molar-refractivity contribution in [3.05, 3.63) is 53.7 Å². The predicted octanol–water partition coefficient (Wildman–Crippen LogP) is 3.58. The molecule has 0 aliphatic carbocycles. The number of para-hydroxylation sites is 2. The summed E-state index contributed by atoms with van der Waals surface area (Å²) >= 11 is 1.51. The summed E-state index contributed by atoms with van der Waals surface area (Å²) in [6.45, 7) is 3.19. The fraction of sp³-hybridized carbons (Fsp3) is 0.318. The van der Waals surface area contributed by atoms with Crippen molar-refractivity contribution < 1.29 is 14.3 Å². The van der Waals surface area contributed by atoms with Crippen LogP contribution in [-0.2, 0) is 11.3 Å². The van der Waals surface area contributed by atoms with Crippen molar-refractivity contribution in [2.75, 3.05) is 25.0 Å². The average molecular weight is 423 g/mol. The Kier molecular flexibility index (Phi) is 5.33. The second-order valence-electron chi connectivity index (χ2n) is 7.37. The van der Waals surface area contributed by atoms with Crippen molar-refractivity contribution in [1.29, 1.82) is 0 Å². The van der Waals surface area contributed by atoms with Gasteiger partial charge in [0.05, 0.1) is 5.69 Å². The first kappa shape index (κ1) is 19.0. The summed E-state index contributed by atoms with van der Waals surface area (Å²) in [5.74, 6) is 0.972. The third kappa shape index (κ3) is 4.01. The Hall–Kier alpha value is -2.97.